The minimum Gasteiger partial charge on any atom is -0.354 e. The van der Waals surface area contributed by atoms with Crippen LogP contribution in [-0.2, 0) is 11.3 Å². The summed E-state index contributed by atoms with van der Waals surface area (Å²) in [5, 5.41) is 1.03. The number of hydrogen-bond donors (Lipinski definition) is 0. The number of carbonyl (C=O) groups is 1. The first-order valence-electron chi connectivity index (χ1n) is 7.88. The lowest BCUT2D eigenvalue weighted by molar-refractivity contribution is -0.135. The van der Waals surface area contributed by atoms with Crippen LogP contribution in [0, 0.1) is 0 Å². The number of aromatic nitrogens is 1. The Bertz CT molecular complexity index is 513. The van der Waals surface area contributed by atoms with Gasteiger partial charge in [0, 0.05) is 56.3 Å². The molecule has 2 saturated heterocycles. The van der Waals surface area contributed by atoms with Crippen LogP contribution in [0.2, 0.25) is 0 Å². The molecule has 5 nitrogen and oxygen atoms in total. The van der Waals surface area contributed by atoms with Crippen LogP contribution in [0.4, 0.5) is 5.13 Å². The van der Waals surface area contributed by atoms with Crippen LogP contribution in [0.15, 0.2) is 6.20 Å². The van der Waals surface area contributed by atoms with E-state index in [1.54, 1.807) is 11.3 Å². The zero-order valence-electron chi connectivity index (χ0n) is 13.3. The van der Waals surface area contributed by atoms with Gasteiger partial charge in [0.1, 0.15) is 0 Å². The number of thioether (sulfide) groups is 1. The van der Waals surface area contributed by atoms with Crippen molar-refractivity contribution in [3.8, 4) is 0 Å². The van der Waals surface area contributed by atoms with Crippen LogP contribution in [0.1, 0.15) is 17.7 Å². The minimum atomic E-state index is 0.0769. The fraction of sp³-hybridized carbons (Fsp3) is 0.733. The minimum absolute atomic E-state index is 0.0769. The van der Waals surface area contributed by atoms with Crippen LogP contribution < -0.4 is 4.90 Å². The molecule has 0 aliphatic carbocycles. The molecule has 0 bridgehead atoms. The van der Waals surface area contributed by atoms with Crippen molar-refractivity contribution < 1.29 is 4.79 Å². The van der Waals surface area contributed by atoms with Gasteiger partial charge < -0.3 is 9.80 Å². The zero-order chi connectivity index (χ0) is 15.5. The van der Waals surface area contributed by atoms with Gasteiger partial charge in [0.15, 0.2) is 5.13 Å². The van der Waals surface area contributed by atoms with Gasteiger partial charge >= 0.3 is 0 Å². The fourth-order valence-electron chi connectivity index (χ4n) is 3.07. The summed E-state index contributed by atoms with van der Waals surface area (Å²) in [6, 6.07) is 0.0769. The first-order valence-corrected chi connectivity index (χ1v) is 9.85. The molecule has 2 fully saturated rings. The SMILES string of the molecule is CN(C)c1ncc(CN2CCC[C@H]2C(=O)N2CCSCC2)s1. The molecule has 2 aliphatic heterocycles. The highest BCUT2D eigenvalue weighted by Gasteiger charge is 2.34. The van der Waals surface area contributed by atoms with E-state index in [0.29, 0.717) is 5.91 Å². The quantitative estimate of drug-likeness (QED) is 0.835. The lowest BCUT2D eigenvalue weighted by atomic mass is 10.2. The Morgan fingerprint density at radius 3 is 2.82 bits per heavy atom. The molecule has 0 aromatic carbocycles. The van der Waals surface area contributed by atoms with Gasteiger partial charge in [-0.2, -0.15) is 11.8 Å². The first kappa shape index (κ1) is 16.1. The van der Waals surface area contributed by atoms with Crippen molar-refractivity contribution in [1.82, 2.24) is 14.8 Å². The largest absolute Gasteiger partial charge is 0.354 e. The Morgan fingerprint density at radius 2 is 2.14 bits per heavy atom. The summed E-state index contributed by atoms with van der Waals surface area (Å²) in [5.41, 5.74) is 0. The standard InChI is InChI=1S/C15H24N4OS2/c1-17(2)15-16-10-12(22-15)11-19-5-3-4-13(19)14(20)18-6-8-21-9-7-18/h10,13H,3-9,11H2,1-2H3/t13-/m0/s1. The second-order valence-corrected chi connectivity index (χ2v) is 8.39. The monoisotopic (exact) mass is 340 g/mol. The number of carbonyl (C=O) groups excluding carboxylic acids is 1. The number of anilines is 1. The van der Waals surface area contributed by atoms with Gasteiger partial charge in [-0.15, -0.1) is 11.3 Å². The van der Waals surface area contributed by atoms with Crippen LogP contribution in [0.3, 0.4) is 0 Å². The third-order valence-corrected chi connectivity index (χ3v) is 6.35. The second-order valence-electron chi connectivity index (χ2n) is 6.07. The first-order chi connectivity index (χ1) is 10.6. The summed E-state index contributed by atoms with van der Waals surface area (Å²) in [6.45, 7) is 3.71. The molecule has 7 heteroatoms. The van der Waals surface area contributed by atoms with Crippen molar-refractivity contribution in [3.05, 3.63) is 11.1 Å². The van der Waals surface area contributed by atoms with Crippen molar-refractivity contribution in [2.45, 2.75) is 25.4 Å². The van der Waals surface area contributed by atoms with Gasteiger partial charge in [-0.1, -0.05) is 0 Å². The number of thiazole rings is 1. The zero-order valence-corrected chi connectivity index (χ0v) is 15.0. The molecule has 1 aromatic rings. The maximum absolute atomic E-state index is 12.8. The van der Waals surface area contributed by atoms with Crippen molar-refractivity contribution in [1.29, 1.82) is 0 Å². The Kier molecular flexibility index (Phi) is 5.25. The van der Waals surface area contributed by atoms with E-state index >= 15 is 0 Å². The average molecular weight is 341 g/mol. The van der Waals surface area contributed by atoms with Gasteiger partial charge in [0.05, 0.1) is 6.04 Å². The highest BCUT2D eigenvalue weighted by atomic mass is 32.2. The summed E-state index contributed by atoms with van der Waals surface area (Å²) >= 11 is 3.67. The summed E-state index contributed by atoms with van der Waals surface area (Å²) in [6.07, 6.45) is 4.08. The van der Waals surface area contributed by atoms with Gasteiger partial charge in [0.25, 0.3) is 0 Å². The van der Waals surface area contributed by atoms with Gasteiger partial charge in [-0.05, 0) is 19.4 Å². The van der Waals surface area contributed by atoms with Crippen molar-refractivity contribution in [3.63, 3.8) is 0 Å². The van der Waals surface area contributed by atoms with Crippen LogP contribution >= 0.6 is 23.1 Å². The summed E-state index contributed by atoms with van der Waals surface area (Å²) < 4.78 is 0. The summed E-state index contributed by atoms with van der Waals surface area (Å²) in [5.74, 6) is 2.51. The Morgan fingerprint density at radius 1 is 1.36 bits per heavy atom. The number of amides is 1. The van der Waals surface area contributed by atoms with Crippen molar-refractivity contribution in [2.24, 2.45) is 0 Å². The van der Waals surface area contributed by atoms with Crippen LogP contribution in [0.5, 0.6) is 0 Å². The fourth-order valence-corrected chi connectivity index (χ4v) is 4.83. The van der Waals surface area contributed by atoms with E-state index in [4.69, 9.17) is 0 Å². The summed E-state index contributed by atoms with van der Waals surface area (Å²) in [4.78, 5) is 24.9. The van der Waals surface area contributed by atoms with E-state index in [-0.39, 0.29) is 6.04 Å². The molecule has 2 aliphatic rings. The van der Waals surface area contributed by atoms with E-state index in [1.807, 2.05) is 37.0 Å². The Balaban J connectivity index is 1.63. The molecule has 0 N–H and O–H groups in total. The number of nitrogens with zero attached hydrogens (tertiary/aromatic N) is 4. The van der Waals surface area contributed by atoms with Crippen LogP contribution in [0.25, 0.3) is 0 Å². The highest BCUT2D eigenvalue weighted by Crippen LogP contribution is 2.27. The van der Waals surface area contributed by atoms with Gasteiger partial charge in [-0.3, -0.25) is 9.69 Å². The van der Waals surface area contributed by atoms with E-state index in [0.717, 1.165) is 55.7 Å². The average Bonchev–Trinajstić information content (AvgIpc) is 3.17. The molecule has 0 saturated carbocycles. The number of hydrogen-bond acceptors (Lipinski definition) is 6. The van der Waals surface area contributed by atoms with E-state index in [2.05, 4.69) is 14.8 Å². The molecule has 0 radical (unpaired) electrons. The van der Waals surface area contributed by atoms with Crippen LogP contribution in [-0.4, -0.2) is 72.0 Å². The molecular weight excluding hydrogens is 316 g/mol. The second kappa shape index (κ2) is 7.19. The maximum Gasteiger partial charge on any atom is 0.239 e. The molecule has 1 amide bonds. The number of likely N-dealkylation sites (tertiary alicyclic amines) is 1. The Labute approximate surface area is 140 Å². The summed E-state index contributed by atoms with van der Waals surface area (Å²) in [7, 11) is 4.03. The molecule has 3 rings (SSSR count). The van der Waals surface area contributed by atoms with E-state index < -0.39 is 0 Å². The molecule has 3 heterocycles. The molecule has 122 valence electrons. The lowest BCUT2D eigenvalue weighted by Gasteiger charge is -2.32. The van der Waals surface area contributed by atoms with E-state index in [1.165, 1.54) is 4.88 Å². The molecule has 0 unspecified atom stereocenters. The van der Waals surface area contributed by atoms with Crippen molar-refractivity contribution >= 4 is 34.1 Å². The van der Waals surface area contributed by atoms with E-state index in [9.17, 15) is 4.79 Å². The molecule has 1 aromatic heterocycles. The molecule has 1 atom stereocenters. The lowest BCUT2D eigenvalue weighted by Crippen LogP contribution is -2.48. The third-order valence-electron chi connectivity index (χ3n) is 4.25. The molecule has 22 heavy (non-hydrogen) atoms. The normalized spacial score (nSPS) is 23.0. The number of rotatable bonds is 4. The predicted octanol–water partition coefficient (Wildman–Crippen LogP) is 1.75. The highest BCUT2D eigenvalue weighted by molar-refractivity contribution is 7.99. The maximum atomic E-state index is 12.8. The topological polar surface area (TPSA) is 39.7 Å². The molecular formula is C15H24N4OS2. The smallest absolute Gasteiger partial charge is 0.239 e. The predicted molar refractivity (Wildman–Crippen MR) is 93.8 cm³/mol. The molecule has 0 spiro atoms. The van der Waals surface area contributed by atoms with Gasteiger partial charge in [0.2, 0.25) is 5.91 Å². The Hall–Kier alpha value is -0.790. The van der Waals surface area contributed by atoms with Crippen molar-refractivity contribution in [2.75, 3.05) is 50.1 Å². The van der Waals surface area contributed by atoms with Gasteiger partial charge in [-0.25, -0.2) is 4.98 Å². The third kappa shape index (κ3) is 3.58.